The third kappa shape index (κ3) is 2.24. The van der Waals surface area contributed by atoms with Gasteiger partial charge in [0.1, 0.15) is 5.82 Å². The first-order valence-electron chi connectivity index (χ1n) is 4.33. The molecule has 0 radical (unpaired) electrons. The van der Waals surface area contributed by atoms with Crippen molar-refractivity contribution in [3.63, 3.8) is 0 Å². The van der Waals surface area contributed by atoms with Crippen molar-refractivity contribution in [3.05, 3.63) is 18.2 Å². The van der Waals surface area contributed by atoms with Gasteiger partial charge in [-0.25, -0.2) is 4.98 Å². The Morgan fingerprint density at radius 2 is 2.42 bits per heavy atom. The lowest BCUT2D eigenvalue weighted by Crippen LogP contribution is -2.10. The molecule has 0 saturated heterocycles. The van der Waals surface area contributed by atoms with E-state index in [4.69, 9.17) is 11.6 Å². The van der Waals surface area contributed by atoms with Crippen LogP contribution in [0.15, 0.2) is 12.4 Å². The summed E-state index contributed by atoms with van der Waals surface area (Å²) in [6.45, 7) is 5.24. The first-order valence-corrected chi connectivity index (χ1v) is 4.87. The summed E-state index contributed by atoms with van der Waals surface area (Å²) in [5.74, 6) is 2.37. The lowest BCUT2D eigenvalue weighted by molar-refractivity contribution is 0.513. The number of hydrogen-bond donors (Lipinski definition) is 0. The van der Waals surface area contributed by atoms with Gasteiger partial charge in [0, 0.05) is 31.2 Å². The molecular formula is C9H15ClN2. The monoisotopic (exact) mass is 186 g/mol. The summed E-state index contributed by atoms with van der Waals surface area (Å²) >= 11 is 5.73. The Kier molecular flexibility index (Phi) is 3.60. The maximum atomic E-state index is 5.73. The van der Waals surface area contributed by atoms with Crippen LogP contribution in [0.2, 0.25) is 0 Å². The Labute approximate surface area is 78.6 Å². The van der Waals surface area contributed by atoms with Crippen molar-refractivity contribution in [1.29, 1.82) is 0 Å². The normalized spacial score (nSPS) is 13.2. The van der Waals surface area contributed by atoms with E-state index in [1.165, 1.54) is 0 Å². The van der Waals surface area contributed by atoms with E-state index in [0.29, 0.717) is 11.8 Å². The zero-order valence-corrected chi connectivity index (χ0v) is 8.38. The van der Waals surface area contributed by atoms with Crippen molar-refractivity contribution < 1.29 is 0 Å². The molecule has 1 aromatic rings. The van der Waals surface area contributed by atoms with Crippen LogP contribution in [-0.2, 0) is 13.0 Å². The van der Waals surface area contributed by atoms with Crippen molar-refractivity contribution in [2.75, 3.05) is 5.88 Å². The summed E-state index contributed by atoms with van der Waals surface area (Å²) in [5, 5.41) is 0. The first kappa shape index (κ1) is 9.59. The molecule has 12 heavy (non-hydrogen) atoms. The molecule has 0 aliphatic heterocycles. The van der Waals surface area contributed by atoms with Crippen molar-refractivity contribution in [2.45, 2.75) is 26.8 Å². The number of hydrogen-bond acceptors (Lipinski definition) is 1. The van der Waals surface area contributed by atoms with Crippen LogP contribution in [0.1, 0.15) is 19.7 Å². The summed E-state index contributed by atoms with van der Waals surface area (Å²) in [5.41, 5.74) is 0. The number of rotatable bonds is 4. The van der Waals surface area contributed by atoms with Crippen LogP contribution < -0.4 is 0 Å². The van der Waals surface area contributed by atoms with E-state index in [1.807, 2.05) is 12.4 Å². The molecule has 1 heterocycles. The number of nitrogens with zero attached hydrogens (tertiary/aromatic N) is 2. The van der Waals surface area contributed by atoms with Gasteiger partial charge in [0.25, 0.3) is 0 Å². The van der Waals surface area contributed by atoms with Crippen molar-refractivity contribution in [1.82, 2.24) is 9.55 Å². The van der Waals surface area contributed by atoms with E-state index in [0.717, 1.165) is 18.8 Å². The molecular weight excluding hydrogens is 172 g/mol. The van der Waals surface area contributed by atoms with Gasteiger partial charge in [-0.1, -0.05) is 13.8 Å². The standard InChI is InChI=1S/C9H15ClN2/c1-3-9-11-4-5-12(9)7-8(2)6-10/h4-5,8H,3,6-7H2,1-2H3. The largest absolute Gasteiger partial charge is 0.335 e. The maximum absolute atomic E-state index is 5.73. The fraction of sp³-hybridized carbons (Fsp3) is 0.667. The van der Waals surface area contributed by atoms with Crippen molar-refractivity contribution in [2.24, 2.45) is 5.92 Å². The molecule has 1 atom stereocenters. The van der Waals surface area contributed by atoms with Crippen molar-refractivity contribution >= 4 is 11.6 Å². The molecule has 0 N–H and O–H groups in total. The summed E-state index contributed by atoms with van der Waals surface area (Å²) in [6, 6.07) is 0. The Hall–Kier alpha value is -0.500. The minimum atomic E-state index is 0.520. The first-order chi connectivity index (χ1) is 5.77. The molecule has 0 aliphatic carbocycles. The van der Waals surface area contributed by atoms with Crippen LogP contribution in [-0.4, -0.2) is 15.4 Å². The Morgan fingerprint density at radius 3 is 3.00 bits per heavy atom. The lowest BCUT2D eigenvalue weighted by atomic mass is 10.2. The van der Waals surface area contributed by atoms with Gasteiger partial charge in [0.05, 0.1) is 0 Å². The van der Waals surface area contributed by atoms with Gasteiger partial charge in [-0.3, -0.25) is 0 Å². The molecule has 1 aromatic heterocycles. The lowest BCUT2D eigenvalue weighted by Gasteiger charge is -2.10. The third-order valence-corrected chi connectivity index (χ3v) is 2.42. The number of imidazole rings is 1. The number of aromatic nitrogens is 2. The molecule has 2 nitrogen and oxygen atoms in total. The molecule has 0 saturated carbocycles. The second-order valence-corrected chi connectivity index (χ2v) is 3.42. The molecule has 0 amide bonds. The van der Waals surface area contributed by atoms with E-state index in [9.17, 15) is 0 Å². The van der Waals surface area contributed by atoms with Crippen LogP contribution in [0.5, 0.6) is 0 Å². The molecule has 0 bridgehead atoms. The smallest absolute Gasteiger partial charge is 0.108 e. The predicted octanol–water partition coefficient (Wildman–Crippen LogP) is 2.32. The average Bonchev–Trinajstić information content (AvgIpc) is 2.51. The predicted molar refractivity (Wildman–Crippen MR) is 51.5 cm³/mol. The van der Waals surface area contributed by atoms with E-state index in [2.05, 4.69) is 23.4 Å². The van der Waals surface area contributed by atoms with Gasteiger partial charge in [-0.15, -0.1) is 11.6 Å². The van der Waals surface area contributed by atoms with E-state index >= 15 is 0 Å². The van der Waals surface area contributed by atoms with Crippen LogP contribution in [0.4, 0.5) is 0 Å². The van der Waals surface area contributed by atoms with Gasteiger partial charge < -0.3 is 4.57 Å². The Balaban J connectivity index is 2.61. The fourth-order valence-electron chi connectivity index (χ4n) is 1.21. The fourth-order valence-corrected chi connectivity index (χ4v) is 1.30. The van der Waals surface area contributed by atoms with Gasteiger partial charge in [-0.05, 0) is 5.92 Å². The van der Waals surface area contributed by atoms with Gasteiger partial charge in [0.15, 0.2) is 0 Å². The molecule has 1 unspecified atom stereocenters. The van der Waals surface area contributed by atoms with E-state index < -0.39 is 0 Å². The number of halogens is 1. The highest BCUT2D eigenvalue weighted by atomic mass is 35.5. The average molecular weight is 187 g/mol. The van der Waals surface area contributed by atoms with E-state index in [-0.39, 0.29) is 0 Å². The highest BCUT2D eigenvalue weighted by Crippen LogP contribution is 2.06. The minimum absolute atomic E-state index is 0.520. The molecule has 3 heteroatoms. The number of aryl methyl sites for hydroxylation is 1. The van der Waals surface area contributed by atoms with Crippen LogP contribution in [0.3, 0.4) is 0 Å². The maximum Gasteiger partial charge on any atom is 0.108 e. The summed E-state index contributed by atoms with van der Waals surface area (Å²) < 4.78 is 2.17. The topological polar surface area (TPSA) is 17.8 Å². The van der Waals surface area contributed by atoms with Crippen LogP contribution in [0, 0.1) is 5.92 Å². The van der Waals surface area contributed by atoms with Crippen LogP contribution in [0.25, 0.3) is 0 Å². The highest BCUT2D eigenvalue weighted by Gasteiger charge is 2.04. The van der Waals surface area contributed by atoms with Crippen molar-refractivity contribution in [3.8, 4) is 0 Å². The van der Waals surface area contributed by atoms with Gasteiger partial charge >= 0.3 is 0 Å². The molecule has 0 aliphatic rings. The molecule has 0 aromatic carbocycles. The van der Waals surface area contributed by atoms with Crippen LogP contribution >= 0.6 is 11.6 Å². The summed E-state index contributed by atoms with van der Waals surface area (Å²) in [4.78, 5) is 4.24. The molecule has 68 valence electrons. The second-order valence-electron chi connectivity index (χ2n) is 3.11. The van der Waals surface area contributed by atoms with Gasteiger partial charge in [0.2, 0.25) is 0 Å². The number of alkyl halides is 1. The zero-order chi connectivity index (χ0) is 8.97. The van der Waals surface area contributed by atoms with E-state index in [1.54, 1.807) is 0 Å². The Bertz CT molecular complexity index is 232. The quantitative estimate of drug-likeness (QED) is 0.660. The second kappa shape index (κ2) is 4.51. The summed E-state index contributed by atoms with van der Waals surface area (Å²) in [6.07, 6.45) is 4.85. The molecule has 0 spiro atoms. The Morgan fingerprint density at radius 1 is 1.67 bits per heavy atom. The van der Waals surface area contributed by atoms with Gasteiger partial charge in [-0.2, -0.15) is 0 Å². The highest BCUT2D eigenvalue weighted by molar-refractivity contribution is 6.18. The zero-order valence-electron chi connectivity index (χ0n) is 7.63. The third-order valence-electron chi connectivity index (χ3n) is 1.89. The minimum Gasteiger partial charge on any atom is -0.335 e. The SMILES string of the molecule is CCc1nccn1CC(C)CCl. The summed E-state index contributed by atoms with van der Waals surface area (Å²) in [7, 11) is 0. The molecule has 1 rings (SSSR count). The molecule has 0 fully saturated rings.